The zero-order valence-corrected chi connectivity index (χ0v) is 17.1. The van der Waals surface area contributed by atoms with Gasteiger partial charge in [-0.15, -0.1) is 0 Å². The van der Waals surface area contributed by atoms with Crippen molar-refractivity contribution in [3.05, 3.63) is 60.8 Å². The quantitative estimate of drug-likeness (QED) is 0.527. The molecule has 4 aromatic heterocycles. The maximum absolute atomic E-state index is 12.8. The molecule has 0 aromatic carbocycles. The third kappa shape index (κ3) is 4.08. The first kappa shape index (κ1) is 19.1. The van der Waals surface area contributed by atoms with Crippen LogP contribution in [0.1, 0.15) is 10.4 Å². The van der Waals surface area contributed by atoms with Crippen LogP contribution >= 0.6 is 0 Å². The number of nitrogens with one attached hydrogen (secondary N) is 2. The summed E-state index contributed by atoms with van der Waals surface area (Å²) < 4.78 is 1.75. The van der Waals surface area contributed by atoms with Gasteiger partial charge in [-0.2, -0.15) is 5.10 Å². The standard InChI is InChI=1S/C22H22N8O/c1-29-14-18(12-27-29)17-8-16-9-20(26-13-19(16)25-11-17)28-22(31)15-2-3-24-21(10-15)30-6-4-23-5-7-30/h2-3,8-14,23H,4-7H2,1H3,(H,26,28,31). The zero-order valence-electron chi connectivity index (χ0n) is 17.1. The molecule has 1 fully saturated rings. The SMILES string of the molecule is Cn1cc(-c2cnc3cnc(NC(=O)c4ccnc(N5CCNCC5)c4)cc3c2)cn1. The first-order valence-electron chi connectivity index (χ1n) is 10.1. The summed E-state index contributed by atoms with van der Waals surface area (Å²) in [5.41, 5.74) is 3.25. The molecule has 1 aliphatic heterocycles. The lowest BCUT2D eigenvalue weighted by molar-refractivity contribution is 0.102. The number of fused-ring (bicyclic) bond motifs is 1. The molecule has 0 aliphatic carbocycles. The van der Waals surface area contributed by atoms with E-state index < -0.39 is 0 Å². The summed E-state index contributed by atoms with van der Waals surface area (Å²) in [6, 6.07) is 7.39. The average Bonchev–Trinajstić information content (AvgIpc) is 3.25. The van der Waals surface area contributed by atoms with E-state index in [9.17, 15) is 4.79 Å². The molecule has 0 saturated carbocycles. The van der Waals surface area contributed by atoms with Crippen LogP contribution in [0, 0.1) is 0 Å². The summed E-state index contributed by atoms with van der Waals surface area (Å²) in [7, 11) is 1.88. The molecule has 156 valence electrons. The minimum absolute atomic E-state index is 0.220. The Morgan fingerprint density at radius 2 is 1.90 bits per heavy atom. The number of aromatic nitrogens is 5. The molecule has 0 radical (unpaired) electrons. The van der Waals surface area contributed by atoms with Gasteiger partial charge >= 0.3 is 0 Å². The van der Waals surface area contributed by atoms with Gasteiger partial charge in [0.25, 0.3) is 5.91 Å². The van der Waals surface area contributed by atoms with Crippen LogP contribution in [0.4, 0.5) is 11.6 Å². The molecule has 9 heteroatoms. The van der Waals surface area contributed by atoms with Crippen molar-refractivity contribution < 1.29 is 4.79 Å². The molecule has 5 heterocycles. The summed E-state index contributed by atoms with van der Waals surface area (Å²) in [5.74, 6) is 1.07. The summed E-state index contributed by atoms with van der Waals surface area (Å²) in [4.78, 5) is 28.3. The van der Waals surface area contributed by atoms with Crippen LogP contribution in [0.15, 0.2) is 55.2 Å². The first-order chi connectivity index (χ1) is 15.2. The second-order valence-corrected chi connectivity index (χ2v) is 7.48. The van der Waals surface area contributed by atoms with E-state index in [-0.39, 0.29) is 5.91 Å². The summed E-state index contributed by atoms with van der Waals surface area (Å²) in [5, 5.41) is 11.3. The van der Waals surface area contributed by atoms with E-state index in [1.54, 1.807) is 35.5 Å². The Morgan fingerprint density at radius 1 is 1.03 bits per heavy atom. The molecule has 9 nitrogen and oxygen atoms in total. The van der Waals surface area contributed by atoms with Gasteiger partial charge in [0, 0.05) is 73.9 Å². The molecular weight excluding hydrogens is 392 g/mol. The number of pyridine rings is 3. The molecule has 2 N–H and O–H groups in total. The molecule has 0 unspecified atom stereocenters. The van der Waals surface area contributed by atoms with Crippen molar-refractivity contribution in [2.24, 2.45) is 7.05 Å². The van der Waals surface area contributed by atoms with Crippen molar-refractivity contribution in [2.75, 3.05) is 36.4 Å². The van der Waals surface area contributed by atoms with Gasteiger partial charge in [0.2, 0.25) is 0 Å². The number of carbonyl (C=O) groups excluding carboxylic acids is 1. The van der Waals surface area contributed by atoms with Crippen LogP contribution in [0.25, 0.3) is 22.0 Å². The molecule has 1 saturated heterocycles. The molecule has 0 spiro atoms. The third-order valence-electron chi connectivity index (χ3n) is 5.30. The molecule has 1 aliphatic rings. The van der Waals surface area contributed by atoms with Crippen molar-refractivity contribution in [3.8, 4) is 11.1 Å². The van der Waals surface area contributed by atoms with Crippen molar-refractivity contribution in [2.45, 2.75) is 0 Å². The van der Waals surface area contributed by atoms with E-state index in [1.807, 2.05) is 31.4 Å². The minimum Gasteiger partial charge on any atom is -0.354 e. The number of nitrogens with zero attached hydrogens (tertiary/aromatic N) is 6. The topological polar surface area (TPSA) is 101 Å². The maximum atomic E-state index is 12.8. The lowest BCUT2D eigenvalue weighted by atomic mass is 10.1. The Balaban J connectivity index is 1.37. The highest BCUT2D eigenvalue weighted by Crippen LogP contribution is 2.23. The largest absolute Gasteiger partial charge is 0.354 e. The number of amides is 1. The van der Waals surface area contributed by atoms with Crippen LogP contribution in [0.5, 0.6) is 0 Å². The lowest BCUT2D eigenvalue weighted by Crippen LogP contribution is -2.43. The fraction of sp³-hybridized carbons (Fsp3) is 0.227. The number of aryl methyl sites for hydroxylation is 1. The number of carbonyl (C=O) groups is 1. The van der Waals surface area contributed by atoms with Crippen LogP contribution in [-0.4, -0.2) is 56.8 Å². The van der Waals surface area contributed by atoms with E-state index in [0.717, 1.165) is 54.0 Å². The molecule has 31 heavy (non-hydrogen) atoms. The Morgan fingerprint density at radius 3 is 2.71 bits per heavy atom. The highest BCUT2D eigenvalue weighted by Gasteiger charge is 2.15. The van der Waals surface area contributed by atoms with E-state index in [1.165, 1.54) is 0 Å². The molecule has 1 amide bonds. The van der Waals surface area contributed by atoms with E-state index in [4.69, 9.17) is 0 Å². The van der Waals surface area contributed by atoms with Crippen LogP contribution < -0.4 is 15.5 Å². The number of anilines is 2. The number of hydrogen-bond donors (Lipinski definition) is 2. The molecular formula is C22H22N8O. The molecule has 0 atom stereocenters. The van der Waals surface area contributed by atoms with Crippen molar-refractivity contribution >= 4 is 28.4 Å². The summed E-state index contributed by atoms with van der Waals surface area (Å²) in [6.45, 7) is 3.56. The van der Waals surface area contributed by atoms with Crippen LogP contribution in [0.2, 0.25) is 0 Å². The second-order valence-electron chi connectivity index (χ2n) is 7.48. The van der Waals surface area contributed by atoms with E-state index in [2.05, 4.69) is 35.6 Å². The molecule has 4 aromatic rings. The highest BCUT2D eigenvalue weighted by atomic mass is 16.1. The van der Waals surface area contributed by atoms with Gasteiger partial charge in [0.15, 0.2) is 0 Å². The molecule has 5 rings (SSSR count). The van der Waals surface area contributed by atoms with Crippen molar-refractivity contribution in [1.29, 1.82) is 0 Å². The van der Waals surface area contributed by atoms with Crippen LogP contribution in [-0.2, 0) is 7.05 Å². The van der Waals surface area contributed by atoms with Gasteiger partial charge in [-0.3, -0.25) is 14.5 Å². The fourth-order valence-electron chi connectivity index (χ4n) is 3.64. The monoisotopic (exact) mass is 414 g/mol. The number of rotatable bonds is 4. The summed E-state index contributed by atoms with van der Waals surface area (Å²) >= 11 is 0. The lowest BCUT2D eigenvalue weighted by Gasteiger charge is -2.28. The highest BCUT2D eigenvalue weighted by molar-refractivity contribution is 6.04. The number of piperazine rings is 1. The smallest absolute Gasteiger partial charge is 0.257 e. The van der Waals surface area contributed by atoms with Gasteiger partial charge in [-0.1, -0.05) is 0 Å². The maximum Gasteiger partial charge on any atom is 0.257 e. The van der Waals surface area contributed by atoms with Gasteiger partial charge in [0.05, 0.1) is 17.9 Å². The fourth-order valence-corrected chi connectivity index (χ4v) is 3.64. The Bertz CT molecular complexity index is 1250. The van der Waals surface area contributed by atoms with Gasteiger partial charge < -0.3 is 15.5 Å². The van der Waals surface area contributed by atoms with Crippen molar-refractivity contribution in [3.63, 3.8) is 0 Å². The Labute approximate surface area is 179 Å². The van der Waals surface area contributed by atoms with Gasteiger partial charge in [-0.05, 0) is 24.3 Å². The van der Waals surface area contributed by atoms with E-state index >= 15 is 0 Å². The zero-order chi connectivity index (χ0) is 21.2. The van der Waals surface area contributed by atoms with Crippen molar-refractivity contribution in [1.82, 2.24) is 30.0 Å². The van der Waals surface area contributed by atoms with Gasteiger partial charge in [0.1, 0.15) is 11.6 Å². The third-order valence-corrected chi connectivity index (χ3v) is 5.30. The van der Waals surface area contributed by atoms with E-state index in [0.29, 0.717) is 11.4 Å². The van der Waals surface area contributed by atoms with Gasteiger partial charge in [-0.25, -0.2) is 9.97 Å². The summed E-state index contributed by atoms with van der Waals surface area (Å²) in [6.07, 6.45) is 8.87. The predicted molar refractivity (Wildman–Crippen MR) is 119 cm³/mol. The predicted octanol–water partition coefficient (Wildman–Crippen LogP) is 2.09. The average molecular weight is 414 g/mol. The van der Waals surface area contributed by atoms with Crippen LogP contribution in [0.3, 0.4) is 0 Å². The minimum atomic E-state index is -0.220. The Kier molecular flexibility index (Phi) is 5.01. The Hall–Kier alpha value is -3.85. The normalized spacial score (nSPS) is 14.0. The second kappa shape index (κ2) is 8.11. The molecule has 0 bridgehead atoms. The number of hydrogen-bond acceptors (Lipinski definition) is 7. The first-order valence-corrected chi connectivity index (χ1v) is 10.1.